The number of azo groups is 1. The number of nitrogens with zero attached hydrogens (tertiary/aromatic N) is 2. The predicted octanol–water partition coefficient (Wildman–Crippen LogP) is 3.98. The molecule has 116 valence electrons. The highest BCUT2D eigenvalue weighted by atomic mass is 28.2. The van der Waals surface area contributed by atoms with Crippen LogP contribution in [0.3, 0.4) is 0 Å². The molecular weight excluding hydrogens is 276 g/mol. The molecule has 0 aliphatic rings. The molecule has 0 saturated heterocycles. The van der Waals surface area contributed by atoms with E-state index in [2.05, 4.69) is 17.2 Å². The largest absolute Gasteiger partial charge is 0.507 e. The quantitative estimate of drug-likeness (QED) is 0.347. The van der Waals surface area contributed by atoms with Crippen molar-refractivity contribution < 1.29 is 18.8 Å². The zero-order valence-corrected chi connectivity index (χ0v) is 14.0. The molecule has 20 heavy (non-hydrogen) atoms. The van der Waals surface area contributed by atoms with Crippen molar-refractivity contribution in [3.63, 3.8) is 0 Å². The highest BCUT2D eigenvalue weighted by Gasteiger charge is 2.03. The first-order valence-electron chi connectivity index (χ1n) is 7.46. The highest BCUT2D eigenvalue weighted by molar-refractivity contribution is 6.30. The normalized spacial score (nSPS) is 11.3. The Kier molecular flexibility index (Phi) is 13.3. The van der Waals surface area contributed by atoms with Crippen LogP contribution in [0.2, 0.25) is 6.04 Å². The summed E-state index contributed by atoms with van der Waals surface area (Å²) in [5.41, 5.74) is 0. The second-order valence-corrected chi connectivity index (χ2v) is 5.95. The van der Waals surface area contributed by atoms with E-state index in [1.807, 2.05) is 6.92 Å². The van der Waals surface area contributed by atoms with E-state index in [1.54, 1.807) is 0 Å². The summed E-state index contributed by atoms with van der Waals surface area (Å²) in [5.74, 6) is 0. The van der Waals surface area contributed by atoms with Crippen LogP contribution >= 0.6 is 0 Å². The average molecular weight is 302 g/mol. The van der Waals surface area contributed by atoms with Gasteiger partial charge in [-0.15, -0.1) is 0 Å². The number of rotatable bonds is 10. The minimum absolute atomic E-state index is 0.323. The topological polar surface area (TPSA) is 77.3 Å². The van der Waals surface area contributed by atoms with Gasteiger partial charge < -0.3 is 9.16 Å². The van der Waals surface area contributed by atoms with Crippen LogP contribution in [-0.4, -0.2) is 28.6 Å². The summed E-state index contributed by atoms with van der Waals surface area (Å²) in [6.07, 6.45) is 6.06. The van der Waals surface area contributed by atoms with Crippen LogP contribution in [0.5, 0.6) is 0 Å². The molecule has 0 aromatic heterocycles. The highest BCUT2D eigenvalue weighted by Crippen LogP contribution is 2.05. The Morgan fingerprint density at radius 2 is 1.55 bits per heavy atom. The maximum atomic E-state index is 11.1. The van der Waals surface area contributed by atoms with E-state index >= 15 is 0 Å². The monoisotopic (exact) mass is 302 g/mol. The summed E-state index contributed by atoms with van der Waals surface area (Å²) in [7, 11) is -0.867. The van der Waals surface area contributed by atoms with Gasteiger partial charge >= 0.3 is 12.2 Å². The van der Waals surface area contributed by atoms with Gasteiger partial charge in [0.2, 0.25) is 9.76 Å². The van der Waals surface area contributed by atoms with E-state index in [9.17, 15) is 9.59 Å². The van der Waals surface area contributed by atoms with Crippen LogP contribution in [0.25, 0.3) is 0 Å². The standard InChI is InChI=1S/C13H26N2O4Si/c1-3-5-6-7-8-9-10-18-12(16)14-15-13(17)19-20-11-4-2/h3-11,20H2,1-2H3. The van der Waals surface area contributed by atoms with Crippen LogP contribution in [-0.2, 0) is 9.16 Å². The van der Waals surface area contributed by atoms with Crippen molar-refractivity contribution in [2.24, 2.45) is 10.2 Å². The van der Waals surface area contributed by atoms with Gasteiger partial charge in [0.1, 0.15) is 0 Å². The number of ether oxygens (including phenoxy) is 1. The third-order valence-corrected chi connectivity index (χ3v) is 4.11. The Morgan fingerprint density at radius 3 is 2.25 bits per heavy atom. The minimum atomic E-state index is -0.867. The first kappa shape index (κ1) is 18.8. The Morgan fingerprint density at radius 1 is 0.900 bits per heavy atom. The molecule has 0 aliphatic carbocycles. The molecule has 0 atom stereocenters. The molecule has 0 fully saturated rings. The molecule has 0 aromatic carbocycles. The predicted molar refractivity (Wildman–Crippen MR) is 79.7 cm³/mol. The van der Waals surface area contributed by atoms with Crippen LogP contribution in [0, 0.1) is 0 Å². The van der Waals surface area contributed by atoms with Crippen molar-refractivity contribution >= 4 is 21.9 Å². The Balaban J connectivity index is 3.50. The molecule has 7 heteroatoms. The van der Waals surface area contributed by atoms with Crippen molar-refractivity contribution in [1.82, 2.24) is 0 Å². The van der Waals surface area contributed by atoms with Crippen LogP contribution in [0.1, 0.15) is 58.8 Å². The molecule has 0 aromatic rings. The van der Waals surface area contributed by atoms with Crippen LogP contribution in [0.15, 0.2) is 10.2 Å². The first-order chi connectivity index (χ1) is 9.70. The van der Waals surface area contributed by atoms with E-state index in [-0.39, 0.29) is 0 Å². The fourth-order valence-corrected chi connectivity index (χ4v) is 2.15. The maximum Gasteiger partial charge on any atom is 0.452 e. The van der Waals surface area contributed by atoms with Gasteiger partial charge in [-0.05, 0) is 12.5 Å². The minimum Gasteiger partial charge on any atom is -0.507 e. The molecule has 0 rings (SSSR count). The number of carbonyl (C=O) groups excluding carboxylic acids is 2. The number of hydrogen-bond acceptors (Lipinski definition) is 4. The lowest BCUT2D eigenvalue weighted by atomic mass is 10.1. The summed E-state index contributed by atoms with van der Waals surface area (Å²) in [6.45, 7) is 4.51. The van der Waals surface area contributed by atoms with Crippen LogP contribution < -0.4 is 0 Å². The Hall–Kier alpha value is -1.24. The average Bonchev–Trinajstić information content (AvgIpc) is 2.44. The fraction of sp³-hybridized carbons (Fsp3) is 0.846. The third-order valence-electron chi connectivity index (χ3n) is 2.66. The first-order valence-corrected chi connectivity index (χ1v) is 9.03. The van der Waals surface area contributed by atoms with E-state index in [0.717, 1.165) is 31.7 Å². The molecule has 0 unspecified atom stereocenters. The van der Waals surface area contributed by atoms with E-state index in [1.165, 1.54) is 19.3 Å². The molecule has 0 radical (unpaired) electrons. The molecular formula is C13H26N2O4Si. The molecule has 2 amide bonds. The zero-order chi connectivity index (χ0) is 15.1. The summed E-state index contributed by atoms with van der Waals surface area (Å²) >= 11 is 0. The summed E-state index contributed by atoms with van der Waals surface area (Å²) in [6, 6.07) is 0.906. The van der Waals surface area contributed by atoms with Gasteiger partial charge in [-0.1, -0.05) is 62.6 Å². The Labute approximate surface area is 123 Å². The third kappa shape index (κ3) is 13.2. The lowest BCUT2D eigenvalue weighted by Gasteiger charge is -2.01. The number of unbranched alkanes of at least 4 members (excludes halogenated alkanes) is 5. The molecule has 0 bridgehead atoms. The van der Waals surface area contributed by atoms with Crippen molar-refractivity contribution in [3.8, 4) is 0 Å². The smallest absolute Gasteiger partial charge is 0.452 e. The van der Waals surface area contributed by atoms with Crippen molar-refractivity contribution in [2.75, 3.05) is 6.61 Å². The van der Waals surface area contributed by atoms with Crippen molar-refractivity contribution in [2.45, 2.75) is 64.8 Å². The van der Waals surface area contributed by atoms with Gasteiger partial charge in [-0.25, -0.2) is 9.59 Å². The molecule has 0 N–H and O–H groups in total. The maximum absolute atomic E-state index is 11.1. The lowest BCUT2D eigenvalue weighted by Crippen LogP contribution is -2.05. The zero-order valence-electron chi connectivity index (χ0n) is 12.6. The molecule has 6 nitrogen and oxygen atoms in total. The van der Waals surface area contributed by atoms with E-state index in [0.29, 0.717) is 6.61 Å². The lowest BCUT2D eigenvalue weighted by molar-refractivity contribution is 0.152. The van der Waals surface area contributed by atoms with Gasteiger partial charge in [0.25, 0.3) is 0 Å². The van der Waals surface area contributed by atoms with Gasteiger partial charge in [-0.2, -0.15) is 0 Å². The number of hydrogen-bond donors (Lipinski definition) is 0. The van der Waals surface area contributed by atoms with Gasteiger partial charge in [0.05, 0.1) is 6.61 Å². The molecule has 0 heterocycles. The molecule has 0 aliphatic heterocycles. The van der Waals surface area contributed by atoms with E-state index < -0.39 is 21.9 Å². The molecule has 0 spiro atoms. The van der Waals surface area contributed by atoms with Crippen molar-refractivity contribution in [1.29, 1.82) is 0 Å². The Bertz CT molecular complexity index is 298. The number of carbonyl (C=O) groups is 2. The SMILES string of the molecule is CCCCCCCCOC(=O)N=NC(=O)O[SiH2]CCC. The second kappa shape index (κ2) is 14.2. The second-order valence-electron chi connectivity index (χ2n) is 4.55. The number of amides is 2. The summed E-state index contributed by atoms with van der Waals surface area (Å²) in [5, 5.41) is 6.32. The molecule has 0 saturated carbocycles. The van der Waals surface area contributed by atoms with Crippen LogP contribution in [0.4, 0.5) is 9.59 Å². The van der Waals surface area contributed by atoms with Gasteiger partial charge in [0.15, 0.2) is 0 Å². The van der Waals surface area contributed by atoms with Crippen molar-refractivity contribution in [3.05, 3.63) is 0 Å². The fourth-order valence-electron chi connectivity index (χ4n) is 1.49. The van der Waals surface area contributed by atoms with Gasteiger partial charge in [0, 0.05) is 0 Å². The van der Waals surface area contributed by atoms with Gasteiger partial charge in [-0.3, -0.25) is 0 Å². The van der Waals surface area contributed by atoms with E-state index in [4.69, 9.17) is 9.16 Å². The summed E-state index contributed by atoms with van der Waals surface area (Å²) in [4.78, 5) is 22.2. The summed E-state index contributed by atoms with van der Waals surface area (Å²) < 4.78 is 9.67.